The van der Waals surface area contributed by atoms with Gasteiger partial charge in [0.15, 0.2) is 0 Å². The normalized spacial score (nSPS) is 28.2. The fourth-order valence-corrected chi connectivity index (χ4v) is 4.00. The molecule has 12 heteroatoms. The first kappa shape index (κ1) is 22.0. The second kappa shape index (κ2) is 9.62. The van der Waals surface area contributed by atoms with E-state index in [1.807, 2.05) is 20.8 Å². The quantitative estimate of drug-likeness (QED) is 0.362. The van der Waals surface area contributed by atoms with E-state index in [0.29, 0.717) is 13.0 Å². The molecule has 0 aliphatic carbocycles. The van der Waals surface area contributed by atoms with E-state index in [4.69, 9.17) is 40.1 Å². The number of hydrogen-bond acceptors (Lipinski definition) is 7. The molecule has 0 saturated carbocycles. The van der Waals surface area contributed by atoms with Gasteiger partial charge in [-0.3, -0.25) is 0 Å². The summed E-state index contributed by atoms with van der Waals surface area (Å²) in [7, 11) is 0. The highest BCUT2D eigenvalue weighted by atomic mass is 32.5. The van der Waals surface area contributed by atoms with Gasteiger partial charge in [0.2, 0.25) is 0 Å². The zero-order chi connectivity index (χ0) is 17.7. The summed E-state index contributed by atoms with van der Waals surface area (Å²) < 4.78 is 26.4. The molecule has 0 aromatic rings. The largest absolute Gasteiger partial charge is 0.376 e. The Morgan fingerprint density at radius 2 is 1.78 bits per heavy atom. The lowest BCUT2D eigenvalue weighted by Crippen LogP contribution is -2.30. The predicted octanol–water partition coefficient (Wildman–Crippen LogP) is 1.43. The Kier molecular flexibility index (Phi) is 9.21. The van der Waals surface area contributed by atoms with Crippen molar-refractivity contribution in [2.45, 2.75) is 51.6 Å². The average molecular weight is 410 g/mol. The van der Waals surface area contributed by atoms with E-state index < -0.39 is 19.5 Å². The Bertz CT molecular complexity index is 457. The fourth-order valence-electron chi connectivity index (χ4n) is 1.98. The van der Waals surface area contributed by atoms with Gasteiger partial charge in [-0.05, 0) is 44.4 Å². The second-order valence-corrected chi connectivity index (χ2v) is 10.8. The molecule has 0 radical (unpaired) electrons. The van der Waals surface area contributed by atoms with Crippen LogP contribution in [0, 0.1) is 0 Å². The Hall–Kier alpha value is 0.980. The molecule has 1 aliphatic heterocycles. The third-order valence-electron chi connectivity index (χ3n) is 2.85. The molecule has 1 fully saturated rings. The van der Waals surface area contributed by atoms with Gasteiger partial charge in [-0.15, -0.1) is 0 Å². The molecule has 0 spiro atoms. The summed E-state index contributed by atoms with van der Waals surface area (Å²) in [5.74, 6) is 0. The molecule has 0 aromatic carbocycles. The maximum Gasteiger partial charge on any atom is 0.324 e. The van der Waals surface area contributed by atoms with E-state index in [1.165, 1.54) is 0 Å². The third kappa shape index (κ3) is 9.89. The van der Waals surface area contributed by atoms with Crippen molar-refractivity contribution in [1.29, 1.82) is 0 Å². The molecule has 1 heterocycles. The zero-order valence-corrected chi connectivity index (χ0v) is 16.7. The topological polar surface area (TPSA) is 107 Å². The minimum absolute atomic E-state index is 0.0338. The molecule has 3 N–H and O–H groups in total. The van der Waals surface area contributed by atoms with Crippen molar-refractivity contribution in [2.75, 3.05) is 19.8 Å². The fraction of sp³-hybridized carbons (Fsp3) is 1.00. The van der Waals surface area contributed by atoms with Gasteiger partial charge in [-0.2, -0.15) is 0 Å². The monoisotopic (exact) mass is 410 g/mol. The summed E-state index contributed by atoms with van der Waals surface area (Å²) in [5.41, 5.74) is 0. The van der Waals surface area contributed by atoms with E-state index in [1.54, 1.807) is 0 Å². The first-order chi connectivity index (χ1) is 10.5. The van der Waals surface area contributed by atoms with Crippen molar-refractivity contribution in [3.63, 3.8) is 0 Å². The molecule has 2 unspecified atom stereocenters. The van der Waals surface area contributed by atoms with Crippen LogP contribution in [0.25, 0.3) is 0 Å². The van der Waals surface area contributed by atoms with Crippen LogP contribution in [0.2, 0.25) is 0 Å². The Morgan fingerprint density at radius 3 is 2.35 bits per heavy atom. The summed E-state index contributed by atoms with van der Waals surface area (Å²) in [6, 6.07) is 0. The zero-order valence-electron chi connectivity index (χ0n) is 13.2. The molecular weight excluding hydrogens is 386 g/mol. The van der Waals surface area contributed by atoms with Crippen LogP contribution >= 0.6 is 13.4 Å². The molecule has 1 aliphatic rings. The van der Waals surface area contributed by atoms with Crippen molar-refractivity contribution >= 4 is 37.1 Å². The summed E-state index contributed by atoms with van der Waals surface area (Å²) >= 11 is 9.23. The standard InChI is InChI=1S/C11H24O8P2S2/c1-8(2)15-7-11-10(6-9(3)18-11)19-21(14,23)17-5-4-16-20(12,13)22/h8-11H,4-7H2,1-3H3,(H,14,23)(H2,12,13,22)/t9-,10?,11+,21?/m0/s1. The number of rotatable bonds is 10. The lowest BCUT2D eigenvalue weighted by atomic mass is 10.1. The molecular formula is C11H24O8P2S2. The van der Waals surface area contributed by atoms with Crippen molar-refractivity contribution in [1.82, 2.24) is 0 Å². The van der Waals surface area contributed by atoms with Gasteiger partial charge in [0.1, 0.15) is 6.10 Å². The van der Waals surface area contributed by atoms with Crippen molar-refractivity contribution in [3.05, 3.63) is 0 Å². The SMILES string of the molecule is CC(C)OC[C@H]1O[C@@H](C)CC1OP(O)(=S)OCCOP(O)(O)=S. The summed E-state index contributed by atoms with van der Waals surface area (Å²) in [4.78, 5) is 27.9. The van der Waals surface area contributed by atoms with Crippen LogP contribution in [-0.2, 0) is 46.7 Å². The Balaban J connectivity index is 2.44. The smallest absolute Gasteiger partial charge is 0.324 e. The Morgan fingerprint density at radius 1 is 1.17 bits per heavy atom. The van der Waals surface area contributed by atoms with Crippen LogP contribution in [0.15, 0.2) is 0 Å². The van der Waals surface area contributed by atoms with Gasteiger partial charge in [0.05, 0.1) is 38.1 Å². The molecule has 4 atom stereocenters. The predicted molar refractivity (Wildman–Crippen MR) is 92.0 cm³/mol. The van der Waals surface area contributed by atoms with Crippen LogP contribution in [0.1, 0.15) is 27.2 Å². The van der Waals surface area contributed by atoms with E-state index >= 15 is 0 Å². The second-order valence-electron chi connectivity index (χ2n) is 5.37. The minimum Gasteiger partial charge on any atom is -0.376 e. The molecule has 1 saturated heterocycles. The highest BCUT2D eigenvalue weighted by Crippen LogP contribution is 2.48. The van der Waals surface area contributed by atoms with Gasteiger partial charge in [0, 0.05) is 6.42 Å². The lowest BCUT2D eigenvalue weighted by molar-refractivity contribution is -0.0531. The van der Waals surface area contributed by atoms with Gasteiger partial charge >= 0.3 is 13.4 Å². The molecule has 1 rings (SSSR count). The third-order valence-corrected chi connectivity index (χ3v) is 5.30. The first-order valence-corrected chi connectivity index (χ1v) is 12.3. The highest BCUT2D eigenvalue weighted by molar-refractivity contribution is 8.07. The van der Waals surface area contributed by atoms with Crippen LogP contribution in [-0.4, -0.2) is 58.9 Å². The molecule has 23 heavy (non-hydrogen) atoms. The van der Waals surface area contributed by atoms with Gasteiger partial charge in [-0.25, -0.2) is 0 Å². The van der Waals surface area contributed by atoms with Crippen molar-refractivity contribution in [2.24, 2.45) is 0 Å². The van der Waals surface area contributed by atoms with Gasteiger partial charge in [-0.1, -0.05) is 0 Å². The first-order valence-electron chi connectivity index (χ1n) is 7.11. The molecule has 138 valence electrons. The molecule has 0 aromatic heterocycles. The summed E-state index contributed by atoms with van der Waals surface area (Å²) in [5, 5.41) is 0. The summed E-state index contributed by atoms with van der Waals surface area (Å²) in [6.07, 6.45) is -0.170. The Labute approximate surface area is 146 Å². The minimum atomic E-state index is -3.74. The van der Waals surface area contributed by atoms with Crippen LogP contribution < -0.4 is 0 Å². The van der Waals surface area contributed by atoms with E-state index in [9.17, 15) is 4.89 Å². The average Bonchev–Trinajstić information content (AvgIpc) is 2.70. The van der Waals surface area contributed by atoms with E-state index in [0.717, 1.165) is 0 Å². The van der Waals surface area contributed by atoms with Crippen LogP contribution in [0.4, 0.5) is 0 Å². The van der Waals surface area contributed by atoms with E-state index in [-0.39, 0.29) is 31.5 Å². The number of hydrogen-bond donors (Lipinski definition) is 3. The molecule has 8 nitrogen and oxygen atoms in total. The van der Waals surface area contributed by atoms with Gasteiger partial charge in [0.25, 0.3) is 0 Å². The molecule has 0 bridgehead atoms. The lowest BCUT2D eigenvalue weighted by Gasteiger charge is -2.24. The van der Waals surface area contributed by atoms with Crippen molar-refractivity contribution < 1.29 is 37.7 Å². The maximum atomic E-state index is 10.1. The van der Waals surface area contributed by atoms with Crippen LogP contribution in [0.3, 0.4) is 0 Å². The van der Waals surface area contributed by atoms with E-state index in [2.05, 4.69) is 16.3 Å². The van der Waals surface area contributed by atoms with Crippen LogP contribution in [0.5, 0.6) is 0 Å². The molecule has 0 amide bonds. The van der Waals surface area contributed by atoms with Gasteiger partial charge < -0.3 is 37.7 Å². The maximum absolute atomic E-state index is 10.1. The summed E-state index contributed by atoms with van der Waals surface area (Å²) in [6.45, 7) is -1.55. The van der Waals surface area contributed by atoms with Crippen molar-refractivity contribution in [3.8, 4) is 0 Å². The number of ether oxygens (including phenoxy) is 2. The highest BCUT2D eigenvalue weighted by Gasteiger charge is 2.37.